The highest BCUT2D eigenvalue weighted by Gasteiger charge is 2.33. The van der Waals surface area contributed by atoms with Crippen molar-refractivity contribution < 1.29 is 13.2 Å². The summed E-state index contributed by atoms with van der Waals surface area (Å²) in [5.41, 5.74) is 0.133. The predicted molar refractivity (Wildman–Crippen MR) is 69.8 cm³/mol. The summed E-state index contributed by atoms with van der Waals surface area (Å²) in [7, 11) is 0. The molecule has 1 nitrogen and oxygen atoms in total. The second kappa shape index (κ2) is 6.48. The molecule has 5 heteroatoms. The molecule has 0 aromatic heterocycles. The van der Waals surface area contributed by atoms with E-state index in [0.29, 0.717) is 22.8 Å². The summed E-state index contributed by atoms with van der Waals surface area (Å²) in [5.74, 6) is 0.632. The summed E-state index contributed by atoms with van der Waals surface area (Å²) in [4.78, 5) is 0.304. The van der Waals surface area contributed by atoms with Crippen molar-refractivity contribution in [1.29, 1.82) is 0 Å². The highest BCUT2D eigenvalue weighted by Crippen LogP contribution is 2.37. The number of hydrogen-bond acceptors (Lipinski definition) is 2. The number of nitrogens with one attached hydrogen (secondary N) is 1. The standard InChI is InChI=1S/C13H18F3NS/c1-4-18-12-6-5-10(8-17-9(2)3)7-11(12)13(14,15)16/h5-7,9,17H,4,8H2,1-3H3. The molecule has 0 saturated heterocycles. The van der Waals surface area contributed by atoms with Crippen molar-refractivity contribution in [2.45, 2.75) is 44.4 Å². The van der Waals surface area contributed by atoms with Gasteiger partial charge in [-0.15, -0.1) is 11.8 Å². The third kappa shape index (κ3) is 4.53. The zero-order chi connectivity index (χ0) is 13.8. The SMILES string of the molecule is CCSc1ccc(CNC(C)C)cc1C(F)(F)F. The smallest absolute Gasteiger partial charge is 0.310 e. The van der Waals surface area contributed by atoms with E-state index in [1.807, 2.05) is 20.8 Å². The van der Waals surface area contributed by atoms with Crippen molar-refractivity contribution in [2.24, 2.45) is 0 Å². The molecule has 1 aromatic rings. The molecule has 0 unspecified atom stereocenters. The molecule has 0 bridgehead atoms. The lowest BCUT2D eigenvalue weighted by molar-refractivity contribution is -0.139. The highest BCUT2D eigenvalue weighted by molar-refractivity contribution is 7.99. The maximum Gasteiger partial charge on any atom is 0.417 e. The van der Waals surface area contributed by atoms with Crippen molar-refractivity contribution in [3.05, 3.63) is 29.3 Å². The fourth-order valence-corrected chi connectivity index (χ4v) is 2.32. The minimum absolute atomic E-state index is 0.254. The lowest BCUT2D eigenvalue weighted by Crippen LogP contribution is -2.22. The van der Waals surface area contributed by atoms with Gasteiger partial charge in [0.15, 0.2) is 0 Å². The lowest BCUT2D eigenvalue weighted by atomic mass is 10.1. The first-order valence-electron chi connectivity index (χ1n) is 5.91. The van der Waals surface area contributed by atoms with E-state index in [0.717, 1.165) is 0 Å². The Bertz CT molecular complexity index is 388. The van der Waals surface area contributed by atoms with Crippen molar-refractivity contribution >= 4 is 11.8 Å². The van der Waals surface area contributed by atoms with Gasteiger partial charge in [-0.2, -0.15) is 13.2 Å². The van der Waals surface area contributed by atoms with Crippen LogP contribution in [0.5, 0.6) is 0 Å². The van der Waals surface area contributed by atoms with Crippen molar-refractivity contribution in [3.8, 4) is 0 Å². The topological polar surface area (TPSA) is 12.0 Å². The van der Waals surface area contributed by atoms with E-state index < -0.39 is 11.7 Å². The zero-order valence-electron chi connectivity index (χ0n) is 10.8. The molecule has 0 aliphatic rings. The maximum absolute atomic E-state index is 12.9. The highest BCUT2D eigenvalue weighted by atomic mass is 32.2. The number of benzene rings is 1. The average molecular weight is 277 g/mol. The molecule has 0 atom stereocenters. The molecule has 102 valence electrons. The quantitative estimate of drug-likeness (QED) is 0.805. The minimum Gasteiger partial charge on any atom is -0.310 e. The van der Waals surface area contributed by atoms with Gasteiger partial charge < -0.3 is 5.32 Å². The van der Waals surface area contributed by atoms with Gasteiger partial charge in [0, 0.05) is 17.5 Å². The van der Waals surface area contributed by atoms with E-state index in [2.05, 4.69) is 5.32 Å². The van der Waals surface area contributed by atoms with Crippen molar-refractivity contribution in [1.82, 2.24) is 5.32 Å². The second-order valence-corrected chi connectivity index (χ2v) is 5.60. The molecule has 0 fully saturated rings. The molecule has 1 aromatic carbocycles. The number of thioether (sulfide) groups is 1. The predicted octanol–water partition coefficient (Wildman–Crippen LogP) is 4.32. The Morgan fingerprint density at radius 1 is 1.28 bits per heavy atom. The first-order valence-corrected chi connectivity index (χ1v) is 6.89. The Morgan fingerprint density at radius 2 is 1.94 bits per heavy atom. The van der Waals surface area contributed by atoms with Crippen LogP contribution in [0.4, 0.5) is 13.2 Å². The van der Waals surface area contributed by atoms with Gasteiger partial charge in [0.2, 0.25) is 0 Å². The van der Waals surface area contributed by atoms with E-state index >= 15 is 0 Å². The fourth-order valence-electron chi connectivity index (χ4n) is 1.51. The fraction of sp³-hybridized carbons (Fsp3) is 0.538. The summed E-state index contributed by atoms with van der Waals surface area (Å²) in [6.45, 7) is 6.23. The van der Waals surface area contributed by atoms with Gasteiger partial charge in [0.05, 0.1) is 5.56 Å². The molecule has 0 saturated carbocycles. The maximum atomic E-state index is 12.9. The van der Waals surface area contributed by atoms with Gasteiger partial charge in [-0.1, -0.05) is 26.8 Å². The summed E-state index contributed by atoms with van der Waals surface area (Å²) in [5, 5.41) is 3.12. The van der Waals surface area contributed by atoms with Crippen molar-refractivity contribution in [3.63, 3.8) is 0 Å². The van der Waals surface area contributed by atoms with Gasteiger partial charge in [0.1, 0.15) is 0 Å². The summed E-state index contributed by atoms with van der Waals surface area (Å²) < 4.78 is 38.8. The minimum atomic E-state index is -4.29. The molecule has 1 N–H and O–H groups in total. The molecule has 0 heterocycles. The average Bonchev–Trinajstić information content (AvgIpc) is 2.26. The Morgan fingerprint density at radius 3 is 2.44 bits per heavy atom. The van der Waals surface area contributed by atoms with Gasteiger partial charge in [-0.3, -0.25) is 0 Å². The number of halogens is 3. The van der Waals surface area contributed by atoms with Crippen LogP contribution in [0.25, 0.3) is 0 Å². The Hall–Kier alpha value is -0.680. The van der Waals surface area contributed by atoms with Gasteiger partial charge in [-0.05, 0) is 23.4 Å². The molecular formula is C13H18F3NS. The largest absolute Gasteiger partial charge is 0.417 e. The van der Waals surface area contributed by atoms with Crippen LogP contribution < -0.4 is 5.32 Å². The molecule has 0 aliphatic heterocycles. The normalized spacial score (nSPS) is 12.2. The van der Waals surface area contributed by atoms with Gasteiger partial charge in [0.25, 0.3) is 0 Å². The summed E-state index contributed by atoms with van der Waals surface area (Å²) >= 11 is 1.22. The van der Waals surface area contributed by atoms with Crippen LogP contribution in [0.2, 0.25) is 0 Å². The van der Waals surface area contributed by atoms with Crippen LogP contribution in [0.1, 0.15) is 31.9 Å². The van der Waals surface area contributed by atoms with Crippen LogP contribution in [-0.2, 0) is 12.7 Å². The summed E-state index contributed by atoms with van der Waals surface area (Å²) in [6.07, 6.45) is -4.29. The first-order chi connectivity index (χ1) is 8.34. The molecule has 0 radical (unpaired) electrons. The van der Waals surface area contributed by atoms with Crippen LogP contribution in [0.15, 0.2) is 23.1 Å². The monoisotopic (exact) mass is 277 g/mol. The number of alkyl halides is 3. The second-order valence-electron chi connectivity index (χ2n) is 4.30. The molecular weight excluding hydrogens is 259 g/mol. The van der Waals surface area contributed by atoms with E-state index in [-0.39, 0.29) is 6.04 Å². The first kappa shape index (κ1) is 15.4. The van der Waals surface area contributed by atoms with Gasteiger partial charge in [-0.25, -0.2) is 0 Å². The molecule has 0 amide bonds. The van der Waals surface area contributed by atoms with E-state index in [9.17, 15) is 13.2 Å². The third-order valence-corrected chi connectivity index (χ3v) is 3.32. The Labute approximate surface area is 110 Å². The number of rotatable bonds is 5. The van der Waals surface area contributed by atoms with Gasteiger partial charge >= 0.3 is 6.18 Å². The van der Waals surface area contributed by atoms with Crippen LogP contribution in [0, 0.1) is 0 Å². The Kier molecular flexibility index (Phi) is 5.53. The summed E-state index contributed by atoms with van der Waals surface area (Å²) in [6, 6.07) is 4.81. The lowest BCUT2D eigenvalue weighted by Gasteiger charge is -2.15. The zero-order valence-corrected chi connectivity index (χ0v) is 11.6. The molecule has 18 heavy (non-hydrogen) atoms. The van der Waals surface area contributed by atoms with Crippen LogP contribution in [0.3, 0.4) is 0 Å². The van der Waals surface area contributed by atoms with Crippen LogP contribution in [-0.4, -0.2) is 11.8 Å². The Balaban J connectivity index is 2.98. The van der Waals surface area contributed by atoms with Crippen LogP contribution >= 0.6 is 11.8 Å². The molecule has 0 aliphatic carbocycles. The third-order valence-electron chi connectivity index (χ3n) is 2.36. The van der Waals surface area contributed by atoms with Crippen molar-refractivity contribution in [2.75, 3.05) is 5.75 Å². The molecule has 0 spiro atoms. The van der Waals surface area contributed by atoms with E-state index in [1.165, 1.54) is 17.8 Å². The molecule has 1 rings (SSSR count). The van der Waals surface area contributed by atoms with E-state index in [1.54, 1.807) is 12.1 Å². The number of hydrogen-bond donors (Lipinski definition) is 1. The van der Waals surface area contributed by atoms with E-state index in [4.69, 9.17) is 0 Å².